The molecule has 0 saturated heterocycles. The summed E-state index contributed by atoms with van der Waals surface area (Å²) in [5, 5.41) is 11.5. The van der Waals surface area contributed by atoms with Crippen LogP contribution in [0.2, 0.25) is 5.02 Å². The van der Waals surface area contributed by atoms with Gasteiger partial charge in [-0.15, -0.1) is 0 Å². The summed E-state index contributed by atoms with van der Waals surface area (Å²) in [5.41, 5.74) is -0.335. The Bertz CT molecular complexity index is 943. The fourth-order valence-electron chi connectivity index (χ4n) is 2.56. The highest BCUT2D eigenvalue weighted by atomic mass is 35.5. The third-order valence-corrected chi connectivity index (χ3v) is 4.18. The van der Waals surface area contributed by atoms with Crippen molar-refractivity contribution in [3.8, 4) is 0 Å². The Hall–Kier alpha value is -3.26. The van der Waals surface area contributed by atoms with Crippen LogP contribution in [0, 0.1) is 10.1 Å². The van der Waals surface area contributed by atoms with Crippen molar-refractivity contribution in [2.75, 3.05) is 6.54 Å². The minimum Gasteiger partial charge on any atom is -0.459 e. The second kappa shape index (κ2) is 6.93. The first kappa shape index (κ1) is 17.6. The third-order valence-electron chi connectivity index (χ3n) is 3.81. The first-order chi connectivity index (χ1) is 12.4. The summed E-state index contributed by atoms with van der Waals surface area (Å²) in [4.78, 5) is 47.6. The fraction of sp³-hybridized carbons (Fsp3) is 0.118. The van der Waals surface area contributed by atoms with E-state index < -0.39 is 34.9 Å². The number of halogens is 1. The Morgan fingerprint density at radius 2 is 1.85 bits per heavy atom. The number of hydrogen-bond acceptors (Lipinski definition) is 6. The molecule has 2 aromatic carbocycles. The Morgan fingerprint density at radius 1 is 1.12 bits per heavy atom. The van der Waals surface area contributed by atoms with Crippen molar-refractivity contribution >= 4 is 35.1 Å². The Balaban J connectivity index is 1.73. The number of hydrogen-bond donors (Lipinski definition) is 0. The van der Waals surface area contributed by atoms with Crippen LogP contribution in [0.4, 0.5) is 5.69 Å². The first-order valence-corrected chi connectivity index (χ1v) is 7.80. The molecule has 1 aliphatic rings. The molecule has 0 spiro atoms. The van der Waals surface area contributed by atoms with Gasteiger partial charge in [-0.05, 0) is 12.1 Å². The number of esters is 1. The summed E-state index contributed by atoms with van der Waals surface area (Å²) in [6, 6.07) is 10.5. The van der Waals surface area contributed by atoms with Crippen LogP contribution in [0.15, 0.2) is 42.5 Å². The van der Waals surface area contributed by atoms with Gasteiger partial charge < -0.3 is 4.74 Å². The average molecular weight is 375 g/mol. The van der Waals surface area contributed by atoms with Gasteiger partial charge in [0.15, 0.2) is 0 Å². The number of nitro groups is 1. The summed E-state index contributed by atoms with van der Waals surface area (Å²) in [7, 11) is 0. The average Bonchev–Trinajstić information content (AvgIpc) is 2.86. The number of carbonyl (C=O) groups is 3. The Kier molecular flexibility index (Phi) is 4.68. The molecule has 0 radical (unpaired) electrons. The van der Waals surface area contributed by atoms with Gasteiger partial charge in [-0.2, -0.15) is 0 Å². The van der Waals surface area contributed by atoms with Crippen molar-refractivity contribution in [1.29, 1.82) is 0 Å². The van der Waals surface area contributed by atoms with E-state index in [0.717, 1.165) is 6.07 Å². The molecule has 0 fully saturated rings. The highest BCUT2D eigenvalue weighted by Gasteiger charge is 2.41. The van der Waals surface area contributed by atoms with Gasteiger partial charge in [0.25, 0.3) is 17.5 Å². The number of nitrogens with zero attached hydrogens (tertiary/aromatic N) is 2. The Morgan fingerprint density at radius 3 is 2.54 bits per heavy atom. The van der Waals surface area contributed by atoms with Crippen LogP contribution in [-0.2, 0) is 16.1 Å². The lowest BCUT2D eigenvalue weighted by Gasteiger charge is -2.13. The molecule has 0 bridgehead atoms. The molecule has 2 amide bonds. The third kappa shape index (κ3) is 3.14. The molecule has 1 aliphatic heterocycles. The molecular weight excluding hydrogens is 364 g/mol. The number of nitro benzene ring substituents is 1. The van der Waals surface area contributed by atoms with E-state index in [9.17, 15) is 24.5 Å². The molecule has 132 valence electrons. The minimum absolute atomic E-state index is 0.108. The van der Waals surface area contributed by atoms with Crippen molar-refractivity contribution in [1.82, 2.24) is 4.90 Å². The zero-order valence-electron chi connectivity index (χ0n) is 13.2. The number of carbonyl (C=O) groups excluding carboxylic acids is 3. The van der Waals surface area contributed by atoms with Crippen molar-refractivity contribution < 1.29 is 24.0 Å². The topological polar surface area (TPSA) is 107 Å². The maximum atomic E-state index is 12.4. The van der Waals surface area contributed by atoms with Crippen LogP contribution < -0.4 is 0 Å². The molecule has 0 atom stereocenters. The van der Waals surface area contributed by atoms with Gasteiger partial charge in [-0.3, -0.25) is 29.4 Å². The fourth-order valence-corrected chi connectivity index (χ4v) is 2.75. The molecule has 1 heterocycles. The van der Waals surface area contributed by atoms with Gasteiger partial charge in [-0.1, -0.05) is 35.9 Å². The zero-order valence-corrected chi connectivity index (χ0v) is 13.9. The number of amides is 2. The lowest BCUT2D eigenvalue weighted by atomic mass is 10.1. The zero-order chi connectivity index (χ0) is 18.8. The van der Waals surface area contributed by atoms with E-state index in [0.29, 0.717) is 15.5 Å². The normalized spacial score (nSPS) is 12.9. The van der Waals surface area contributed by atoms with Crippen molar-refractivity contribution in [2.45, 2.75) is 6.61 Å². The molecule has 0 unspecified atom stereocenters. The van der Waals surface area contributed by atoms with Crippen LogP contribution in [0.3, 0.4) is 0 Å². The predicted molar refractivity (Wildman–Crippen MR) is 89.7 cm³/mol. The monoisotopic (exact) mass is 374 g/mol. The Labute approximate surface area is 152 Å². The molecule has 0 aliphatic carbocycles. The summed E-state index contributed by atoms with van der Waals surface area (Å²) >= 11 is 5.96. The van der Waals surface area contributed by atoms with E-state index in [4.69, 9.17) is 16.3 Å². The van der Waals surface area contributed by atoms with E-state index >= 15 is 0 Å². The van der Waals surface area contributed by atoms with Crippen molar-refractivity contribution in [3.05, 3.63) is 74.3 Å². The first-order valence-electron chi connectivity index (χ1n) is 7.42. The SMILES string of the molecule is O=C(CN1C(=O)c2cccc([N+](=O)[O-])c2C1=O)OCc1ccccc1Cl. The summed E-state index contributed by atoms with van der Waals surface area (Å²) in [6.07, 6.45) is 0. The number of rotatable bonds is 5. The molecule has 26 heavy (non-hydrogen) atoms. The van der Waals surface area contributed by atoms with E-state index in [2.05, 4.69) is 0 Å². The predicted octanol–water partition coefficient (Wildman–Crippen LogP) is 2.59. The van der Waals surface area contributed by atoms with E-state index in [-0.39, 0.29) is 17.7 Å². The standard InChI is InChI=1S/C17H11ClN2O6/c18-12-6-2-1-4-10(12)9-26-14(21)8-19-16(22)11-5-3-7-13(20(24)25)15(11)17(19)23/h1-7H,8-9H2. The quantitative estimate of drug-likeness (QED) is 0.344. The van der Waals surface area contributed by atoms with Gasteiger partial charge in [0.1, 0.15) is 18.7 Å². The maximum Gasteiger partial charge on any atom is 0.326 e. The van der Waals surface area contributed by atoms with E-state index in [1.165, 1.54) is 12.1 Å². The summed E-state index contributed by atoms with van der Waals surface area (Å²) < 4.78 is 5.04. The van der Waals surface area contributed by atoms with E-state index in [1.807, 2.05) is 0 Å². The highest BCUT2D eigenvalue weighted by Crippen LogP contribution is 2.30. The lowest BCUT2D eigenvalue weighted by molar-refractivity contribution is -0.385. The lowest BCUT2D eigenvalue weighted by Crippen LogP contribution is -2.35. The number of fused-ring (bicyclic) bond motifs is 1. The second-order valence-electron chi connectivity index (χ2n) is 5.41. The van der Waals surface area contributed by atoms with Crippen LogP contribution in [-0.4, -0.2) is 34.2 Å². The molecule has 0 aromatic heterocycles. The molecule has 3 rings (SSSR count). The highest BCUT2D eigenvalue weighted by molar-refractivity contribution is 6.31. The largest absolute Gasteiger partial charge is 0.459 e. The van der Waals surface area contributed by atoms with Gasteiger partial charge in [0, 0.05) is 16.7 Å². The van der Waals surface area contributed by atoms with Crippen LogP contribution in [0.25, 0.3) is 0 Å². The van der Waals surface area contributed by atoms with Crippen molar-refractivity contribution in [3.63, 3.8) is 0 Å². The summed E-state index contributed by atoms with van der Waals surface area (Å²) in [6.45, 7) is -0.768. The number of benzene rings is 2. The molecule has 0 N–H and O–H groups in total. The minimum atomic E-state index is -0.896. The summed E-state index contributed by atoms with van der Waals surface area (Å²) in [5.74, 6) is -2.50. The van der Waals surface area contributed by atoms with Crippen LogP contribution in [0.1, 0.15) is 26.3 Å². The van der Waals surface area contributed by atoms with Gasteiger partial charge in [-0.25, -0.2) is 0 Å². The molecule has 0 saturated carbocycles. The molecular formula is C17H11ClN2O6. The van der Waals surface area contributed by atoms with Gasteiger partial charge in [0.2, 0.25) is 0 Å². The van der Waals surface area contributed by atoms with E-state index in [1.54, 1.807) is 24.3 Å². The number of ether oxygens (including phenoxy) is 1. The van der Waals surface area contributed by atoms with Gasteiger partial charge in [0.05, 0.1) is 10.5 Å². The van der Waals surface area contributed by atoms with Gasteiger partial charge >= 0.3 is 5.97 Å². The number of imide groups is 1. The second-order valence-corrected chi connectivity index (χ2v) is 5.81. The smallest absolute Gasteiger partial charge is 0.326 e. The molecule has 8 nitrogen and oxygen atoms in total. The molecule has 9 heteroatoms. The molecule has 2 aromatic rings. The maximum absolute atomic E-state index is 12.4. The van der Waals surface area contributed by atoms with Crippen LogP contribution in [0.5, 0.6) is 0 Å². The van der Waals surface area contributed by atoms with Crippen molar-refractivity contribution in [2.24, 2.45) is 0 Å². The van der Waals surface area contributed by atoms with Crippen LogP contribution >= 0.6 is 11.6 Å².